The highest BCUT2D eigenvalue weighted by atomic mass is 19.2. The van der Waals surface area contributed by atoms with E-state index in [1.807, 2.05) is 0 Å². The molecule has 4 rings (SSSR count). The topological polar surface area (TPSA) is 100 Å². The molecular weight excluding hydrogens is 664 g/mol. The Morgan fingerprint density at radius 2 is 0.755 bits per heavy atom. The third-order valence-electron chi connectivity index (χ3n) is 7.14. The van der Waals surface area contributed by atoms with Gasteiger partial charge in [0.15, 0.2) is 0 Å². The van der Waals surface area contributed by atoms with Crippen molar-refractivity contribution < 1.29 is 54.2 Å². The van der Waals surface area contributed by atoms with Crippen molar-refractivity contribution >= 4 is 11.9 Å². The van der Waals surface area contributed by atoms with Crippen LogP contribution in [0.3, 0.4) is 0 Å². The lowest BCUT2D eigenvalue weighted by Gasteiger charge is -2.10. The lowest BCUT2D eigenvalue weighted by molar-refractivity contribution is -0.135. The minimum atomic E-state index is -1.30. The number of carbonyl (C=O) groups is 2. The Bertz CT molecular complexity index is 1780. The summed E-state index contributed by atoms with van der Waals surface area (Å²) in [7, 11) is 0. The minimum Gasteiger partial charge on any atom is -0.426 e. The van der Waals surface area contributed by atoms with Crippen molar-refractivity contribution in [3.63, 3.8) is 0 Å². The summed E-state index contributed by atoms with van der Waals surface area (Å²) < 4.78 is 124. The van der Waals surface area contributed by atoms with Crippen LogP contribution in [0.1, 0.15) is 56.1 Å². The Balaban J connectivity index is 1.19. The Kier molecular flexibility index (Phi) is 11.7. The Morgan fingerprint density at radius 1 is 0.469 bits per heavy atom. The summed E-state index contributed by atoms with van der Waals surface area (Å²) in [6.45, 7) is 0. The summed E-state index contributed by atoms with van der Waals surface area (Å²) in [6.07, 6.45) is 2.00. The van der Waals surface area contributed by atoms with Crippen molar-refractivity contribution in [2.45, 2.75) is 44.9 Å². The number of nitrogens with zero attached hydrogens (tertiary/aromatic N) is 2. The first kappa shape index (κ1) is 36.1. The zero-order chi connectivity index (χ0) is 35.8. The Morgan fingerprint density at radius 3 is 1.04 bits per heavy atom. The highest BCUT2D eigenvalue weighted by Gasteiger charge is 2.21. The van der Waals surface area contributed by atoms with Gasteiger partial charge in [-0.05, 0) is 48.2 Å². The van der Waals surface area contributed by atoms with Crippen LogP contribution in [0.4, 0.5) is 35.1 Å². The highest BCUT2D eigenvalue weighted by molar-refractivity contribution is 5.74. The van der Waals surface area contributed by atoms with Crippen molar-refractivity contribution in [1.29, 1.82) is 10.5 Å². The number of ether oxygens (including phenoxy) is 2. The second kappa shape index (κ2) is 15.9. The second-order valence-electron chi connectivity index (χ2n) is 10.6. The highest BCUT2D eigenvalue weighted by Crippen LogP contribution is 2.33. The first-order valence-corrected chi connectivity index (χ1v) is 14.5. The van der Waals surface area contributed by atoms with Gasteiger partial charge < -0.3 is 9.47 Å². The third-order valence-corrected chi connectivity index (χ3v) is 7.14. The molecule has 0 fully saturated rings. The number of benzene rings is 4. The molecule has 0 unspecified atom stereocenters. The molecule has 4 aromatic carbocycles. The van der Waals surface area contributed by atoms with E-state index in [2.05, 4.69) is 0 Å². The number of hydrogen-bond acceptors (Lipinski definition) is 6. The summed E-state index contributed by atoms with van der Waals surface area (Å²) >= 11 is 0. The van der Waals surface area contributed by atoms with Gasteiger partial charge in [0.05, 0.1) is 11.1 Å². The molecule has 0 spiro atoms. The SMILES string of the molecule is N#Cc1c(F)cc(-c2c(F)cc(OC(=O)CCCCCCCC(=O)Oc3cc(F)c(-c4cc(F)c(C#N)c(F)c4)c(F)c3)cc2F)cc1F. The van der Waals surface area contributed by atoms with Crippen LogP contribution in [-0.2, 0) is 9.59 Å². The van der Waals surface area contributed by atoms with Crippen LogP contribution >= 0.6 is 0 Å². The summed E-state index contributed by atoms with van der Waals surface area (Å²) in [6, 6.07) is 7.74. The first-order chi connectivity index (χ1) is 23.3. The van der Waals surface area contributed by atoms with Crippen LogP contribution in [0, 0.1) is 69.2 Å². The molecule has 0 bridgehead atoms. The molecule has 0 aromatic heterocycles. The predicted molar refractivity (Wildman–Crippen MR) is 156 cm³/mol. The summed E-state index contributed by atoms with van der Waals surface area (Å²) in [5, 5.41) is 17.5. The summed E-state index contributed by atoms with van der Waals surface area (Å²) in [4.78, 5) is 24.3. The maximum Gasteiger partial charge on any atom is 0.311 e. The van der Waals surface area contributed by atoms with E-state index in [1.165, 1.54) is 12.1 Å². The van der Waals surface area contributed by atoms with Crippen molar-refractivity contribution in [1.82, 2.24) is 0 Å². The third kappa shape index (κ3) is 8.78. The number of halogens is 8. The molecule has 0 saturated carbocycles. The standard InChI is InChI=1S/C35H22F8N2O4/c36-24-8-18(9-25(37)22(24)16-44)34-28(40)12-20(13-29(34)41)48-32(46)6-4-2-1-3-5-7-33(47)49-21-14-30(42)35(31(43)15-21)19-10-26(38)23(17-45)27(39)11-19/h8-15H,1-7H2. The van der Waals surface area contributed by atoms with Gasteiger partial charge in [-0.2, -0.15) is 10.5 Å². The number of rotatable bonds is 12. The van der Waals surface area contributed by atoms with Gasteiger partial charge in [-0.25, -0.2) is 35.1 Å². The molecule has 0 atom stereocenters. The van der Waals surface area contributed by atoms with Crippen molar-refractivity contribution in [3.05, 3.63) is 106 Å². The van der Waals surface area contributed by atoms with E-state index in [1.54, 1.807) is 0 Å². The molecular formula is C35H22F8N2O4. The largest absolute Gasteiger partial charge is 0.426 e. The summed E-state index contributed by atoms with van der Waals surface area (Å²) in [5.74, 6) is -12.8. The smallest absolute Gasteiger partial charge is 0.311 e. The van der Waals surface area contributed by atoms with Crippen molar-refractivity contribution in [2.24, 2.45) is 0 Å². The molecule has 0 aliphatic heterocycles. The van der Waals surface area contributed by atoms with Crippen LogP contribution in [0.15, 0.2) is 48.5 Å². The number of esters is 2. The van der Waals surface area contributed by atoms with Gasteiger partial charge in [-0.1, -0.05) is 19.3 Å². The molecule has 0 N–H and O–H groups in total. The molecule has 4 aromatic rings. The van der Waals surface area contributed by atoms with Gasteiger partial charge in [-0.15, -0.1) is 0 Å². The van der Waals surface area contributed by atoms with Crippen LogP contribution in [0.25, 0.3) is 22.3 Å². The van der Waals surface area contributed by atoms with Gasteiger partial charge in [0.25, 0.3) is 0 Å². The van der Waals surface area contributed by atoms with E-state index in [4.69, 9.17) is 20.0 Å². The van der Waals surface area contributed by atoms with Crippen molar-refractivity contribution in [3.8, 4) is 45.9 Å². The fourth-order valence-electron chi connectivity index (χ4n) is 4.85. The molecule has 0 amide bonds. The van der Waals surface area contributed by atoms with Gasteiger partial charge in [0.1, 0.15) is 81.3 Å². The zero-order valence-corrected chi connectivity index (χ0v) is 25.1. The molecule has 0 heterocycles. The van der Waals surface area contributed by atoms with Crippen LogP contribution in [-0.4, -0.2) is 11.9 Å². The molecule has 6 nitrogen and oxygen atoms in total. The molecule has 49 heavy (non-hydrogen) atoms. The van der Waals surface area contributed by atoms with Crippen molar-refractivity contribution in [2.75, 3.05) is 0 Å². The average molecular weight is 687 g/mol. The van der Waals surface area contributed by atoms with E-state index < -0.39 is 103 Å². The quantitative estimate of drug-likeness (QED) is 0.0638. The molecule has 252 valence electrons. The first-order valence-electron chi connectivity index (χ1n) is 14.5. The zero-order valence-electron chi connectivity index (χ0n) is 25.1. The fourth-order valence-corrected chi connectivity index (χ4v) is 4.85. The molecule has 0 aliphatic carbocycles. The van der Waals surface area contributed by atoms with E-state index >= 15 is 0 Å². The van der Waals surface area contributed by atoms with E-state index in [0.29, 0.717) is 80.6 Å². The van der Waals surface area contributed by atoms with Crippen LogP contribution < -0.4 is 9.47 Å². The van der Waals surface area contributed by atoms with Gasteiger partial charge >= 0.3 is 11.9 Å². The van der Waals surface area contributed by atoms with E-state index in [9.17, 15) is 44.7 Å². The predicted octanol–water partition coefficient (Wildman–Crippen LogP) is 9.12. The fraction of sp³-hybridized carbons (Fsp3) is 0.200. The normalized spacial score (nSPS) is 10.7. The number of hydrogen-bond donors (Lipinski definition) is 0. The molecule has 0 saturated heterocycles. The van der Waals surface area contributed by atoms with E-state index in [0.717, 1.165) is 0 Å². The minimum absolute atomic E-state index is 0.117. The summed E-state index contributed by atoms with van der Waals surface area (Å²) in [5.41, 5.74) is -4.36. The molecule has 14 heteroatoms. The number of carbonyl (C=O) groups excluding carboxylic acids is 2. The number of unbranched alkanes of at least 4 members (excludes halogenated alkanes) is 4. The van der Waals surface area contributed by atoms with Gasteiger partial charge in [0, 0.05) is 37.1 Å². The van der Waals surface area contributed by atoms with E-state index in [-0.39, 0.29) is 12.8 Å². The lowest BCUT2D eigenvalue weighted by Crippen LogP contribution is -2.09. The van der Waals surface area contributed by atoms with Crippen LogP contribution in [0.2, 0.25) is 0 Å². The maximum absolute atomic E-state index is 14.6. The molecule has 0 radical (unpaired) electrons. The van der Waals surface area contributed by atoms with Crippen LogP contribution in [0.5, 0.6) is 11.5 Å². The molecule has 0 aliphatic rings. The Hall–Kier alpha value is -5.76. The monoisotopic (exact) mass is 686 g/mol. The number of nitriles is 2. The van der Waals surface area contributed by atoms with Gasteiger partial charge in [-0.3, -0.25) is 9.59 Å². The Labute approximate surface area is 273 Å². The van der Waals surface area contributed by atoms with Gasteiger partial charge in [0.2, 0.25) is 0 Å². The average Bonchev–Trinajstić information content (AvgIpc) is 2.99. The second-order valence-corrected chi connectivity index (χ2v) is 10.6. The maximum atomic E-state index is 14.6. The lowest BCUT2D eigenvalue weighted by atomic mass is 10.0.